The van der Waals surface area contributed by atoms with Gasteiger partial charge in [0.1, 0.15) is 5.75 Å². The second-order valence-electron chi connectivity index (χ2n) is 7.15. The van der Waals surface area contributed by atoms with Crippen molar-refractivity contribution < 1.29 is 9.53 Å². The minimum absolute atomic E-state index is 0.00121. The molecule has 2 atom stereocenters. The monoisotopic (exact) mass is 353 g/mol. The maximum atomic E-state index is 12.8. The fourth-order valence-electron chi connectivity index (χ4n) is 3.15. The lowest BCUT2D eigenvalue weighted by atomic mass is 9.99. The smallest absolute Gasteiger partial charge is 0.261 e. The van der Waals surface area contributed by atoms with E-state index in [0.29, 0.717) is 6.42 Å². The molecule has 2 aromatic carbocycles. The zero-order valence-electron chi connectivity index (χ0n) is 16.8. The minimum atomic E-state index is -0.489. The molecule has 1 N–H and O–H groups in total. The zero-order chi connectivity index (χ0) is 19.3. The average molecular weight is 354 g/mol. The van der Waals surface area contributed by atoms with E-state index in [9.17, 15) is 4.79 Å². The van der Waals surface area contributed by atoms with Gasteiger partial charge in [-0.05, 0) is 80.5 Å². The van der Waals surface area contributed by atoms with Gasteiger partial charge in [-0.1, -0.05) is 38.1 Å². The first-order valence-corrected chi connectivity index (χ1v) is 9.46. The second kappa shape index (κ2) is 8.88. The number of hydrogen-bond donors (Lipinski definition) is 1. The van der Waals surface area contributed by atoms with Gasteiger partial charge in [0, 0.05) is 0 Å². The SMILES string of the molecule is CCC(Oc1cc(C)cc(C)c1)C(=O)NC(CC)c1ccc(C)c(C)c1. The standard InChI is InChI=1S/C23H31NO2/c1-7-21(19-10-9-17(5)18(6)14-19)24-23(25)22(8-2)26-20-12-15(3)11-16(4)13-20/h9-14,21-22H,7-8H2,1-6H3,(H,24,25). The third kappa shape index (κ3) is 5.10. The Morgan fingerprint density at radius 1 is 0.923 bits per heavy atom. The molecule has 3 heteroatoms. The Morgan fingerprint density at radius 3 is 2.12 bits per heavy atom. The molecule has 0 spiro atoms. The summed E-state index contributed by atoms with van der Waals surface area (Å²) in [5.74, 6) is 0.695. The molecule has 26 heavy (non-hydrogen) atoms. The van der Waals surface area contributed by atoms with Gasteiger partial charge in [-0.3, -0.25) is 4.79 Å². The van der Waals surface area contributed by atoms with Crippen LogP contribution < -0.4 is 10.1 Å². The first kappa shape index (κ1) is 20.0. The van der Waals surface area contributed by atoms with Gasteiger partial charge in [0.25, 0.3) is 5.91 Å². The van der Waals surface area contributed by atoms with Crippen LogP contribution in [0.1, 0.15) is 60.5 Å². The molecule has 0 aromatic heterocycles. The van der Waals surface area contributed by atoms with E-state index >= 15 is 0 Å². The molecule has 0 aliphatic heterocycles. The van der Waals surface area contributed by atoms with Crippen molar-refractivity contribution in [3.05, 3.63) is 64.2 Å². The van der Waals surface area contributed by atoms with E-state index < -0.39 is 6.10 Å². The number of aryl methyl sites for hydroxylation is 4. The van der Waals surface area contributed by atoms with Crippen LogP contribution in [0.4, 0.5) is 0 Å². The third-order valence-electron chi connectivity index (χ3n) is 4.79. The van der Waals surface area contributed by atoms with Crippen molar-refractivity contribution >= 4 is 5.91 Å². The number of ether oxygens (including phenoxy) is 1. The van der Waals surface area contributed by atoms with Gasteiger partial charge in [-0.15, -0.1) is 0 Å². The molecule has 1 amide bonds. The average Bonchev–Trinajstić information content (AvgIpc) is 2.59. The number of rotatable bonds is 7. The predicted molar refractivity (Wildman–Crippen MR) is 108 cm³/mol. The molecule has 3 nitrogen and oxygen atoms in total. The van der Waals surface area contributed by atoms with Crippen LogP contribution in [0.25, 0.3) is 0 Å². The van der Waals surface area contributed by atoms with E-state index in [1.807, 2.05) is 32.9 Å². The van der Waals surface area contributed by atoms with Gasteiger partial charge < -0.3 is 10.1 Å². The number of nitrogens with one attached hydrogen (secondary N) is 1. The number of amides is 1. The molecule has 0 fully saturated rings. The molecule has 0 aliphatic rings. The number of carbonyl (C=O) groups is 1. The van der Waals surface area contributed by atoms with Crippen LogP contribution in [-0.4, -0.2) is 12.0 Å². The van der Waals surface area contributed by atoms with E-state index in [4.69, 9.17) is 4.74 Å². The molecular weight excluding hydrogens is 322 g/mol. The second-order valence-corrected chi connectivity index (χ2v) is 7.15. The molecule has 0 aliphatic carbocycles. The van der Waals surface area contributed by atoms with Crippen LogP contribution in [0.15, 0.2) is 36.4 Å². The summed E-state index contributed by atoms with van der Waals surface area (Å²) in [4.78, 5) is 12.8. The Balaban J connectivity index is 2.12. The van der Waals surface area contributed by atoms with Crippen molar-refractivity contribution in [2.24, 2.45) is 0 Å². The van der Waals surface area contributed by atoms with E-state index in [1.165, 1.54) is 11.1 Å². The van der Waals surface area contributed by atoms with Gasteiger partial charge in [0.15, 0.2) is 6.10 Å². The van der Waals surface area contributed by atoms with Crippen LogP contribution in [0.2, 0.25) is 0 Å². The van der Waals surface area contributed by atoms with Crippen LogP contribution in [0, 0.1) is 27.7 Å². The van der Waals surface area contributed by atoms with Crippen molar-refractivity contribution in [3.63, 3.8) is 0 Å². The topological polar surface area (TPSA) is 38.3 Å². The lowest BCUT2D eigenvalue weighted by Crippen LogP contribution is -2.40. The maximum Gasteiger partial charge on any atom is 0.261 e. The maximum absolute atomic E-state index is 12.8. The normalized spacial score (nSPS) is 13.2. The predicted octanol–water partition coefficient (Wildman–Crippen LogP) is 5.35. The highest BCUT2D eigenvalue weighted by Gasteiger charge is 2.22. The highest BCUT2D eigenvalue weighted by atomic mass is 16.5. The summed E-state index contributed by atoms with van der Waals surface area (Å²) in [6.07, 6.45) is 0.980. The Labute approximate surface area is 157 Å². The number of hydrogen-bond acceptors (Lipinski definition) is 2. The Kier molecular flexibility index (Phi) is 6.84. The molecular formula is C23H31NO2. The van der Waals surface area contributed by atoms with Crippen molar-refractivity contribution in [1.82, 2.24) is 5.32 Å². The van der Waals surface area contributed by atoms with Gasteiger partial charge in [-0.2, -0.15) is 0 Å². The lowest BCUT2D eigenvalue weighted by Gasteiger charge is -2.23. The van der Waals surface area contributed by atoms with E-state index in [1.54, 1.807) is 0 Å². The summed E-state index contributed by atoms with van der Waals surface area (Å²) in [7, 11) is 0. The summed E-state index contributed by atoms with van der Waals surface area (Å²) >= 11 is 0. The summed E-state index contributed by atoms with van der Waals surface area (Å²) in [5.41, 5.74) is 5.92. The molecule has 0 radical (unpaired) electrons. The first-order chi connectivity index (χ1) is 12.3. The molecule has 0 saturated carbocycles. The lowest BCUT2D eigenvalue weighted by molar-refractivity contribution is -0.128. The largest absolute Gasteiger partial charge is 0.481 e. The van der Waals surface area contributed by atoms with Crippen LogP contribution >= 0.6 is 0 Å². The fraction of sp³-hybridized carbons (Fsp3) is 0.435. The van der Waals surface area contributed by atoms with Gasteiger partial charge in [0.2, 0.25) is 0 Å². The molecule has 2 aromatic rings. The van der Waals surface area contributed by atoms with Gasteiger partial charge in [-0.25, -0.2) is 0 Å². The van der Waals surface area contributed by atoms with Crippen LogP contribution in [-0.2, 0) is 4.79 Å². The highest BCUT2D eigenvalue weighted by Crippen LogP contribution is 2.22. The summed E-state index contributed by atoms with van der Waals surface area (Å²) in [6, 6.07) is 12.4. The fourth-order valence-corrected chi connectivity index (χ4v) is 3.15. The molecule has 2 rings (SSSR count). The number of carbonyl (C=O) groups excluding carboxylic acids is 1. The molecule has 0 heterocycles. The van der Waals surface area contributed by atoms with E-state index in [2.05, 4.69) is 50.4 Å². The zero-order valence-corrected chi connectivity index (χ0v) is 16.8. The van der Waals surface area contributed by atoms with Crippen molar-refractivity contribution in [3.8, 4) is 5.75 Å². The van der Waals surface area contributed by atoms with Crippen molar-refractivity contribution in [1.29, 1.82) is 0 Å². The van der Waals surface area contributed by atoms with Gasteiger partial charge in [0.05, 0.1) is 6.04 Å². The third-order valence-corrected chi connectivity index (χ3v) is 4.79. The van der Waals surface area contributed by atoms with Crippen molar-refractivity contribution in [2.75, 3.05) is 0 Å². The summed E-state index contributed by atoms with van der Waals surface area (Å²) in [6.45, 7) is 12.3. The van der Waals surface area contributed by atoms with Crippen molar-refractivity contribution in [2.45, 2.75) is 66.5 Å². The Hall–Kier alpha value is -2.29. The summed E-state index contributed by atoms with van der Waals surface area (Å²) in [5, 5.41) is 3.17. The first-order valence-electron chi connectivity index (χ1n) is 9.46. The van der Waals surface area contributed by atoms with E-state index in [-0.39, 0.29) is 11.9 Å². The molecule has 140 valence electrons. The number of benzene rings is 2. The van der Waals surface area contributed by atoms with Crippen LogP contribution in [0.5, 0.6) is 5.75 Å². The highest BCUT2D eigenvalue weighted by molar-refractivity contribution is 5.81. The van der Waals surface area contributed by atoms with E-state index in [0.717, 1.165) is 28.9 Å². The summed E-state index contributed by atoms with van der Waals surface area (Å²) < 4.78 is 6.00. The van der Waals surface area contributed by atoms with Crippen LogP contribution in [0.3, 0.4) is 0 Å². The molecule has 0 bridgehead atoms. The molecule has 0 saturated heterocycles. The Morgan fingerprint density at radius 2 is 1.58 bits per heavy atom. The molecule has 2 unspecified atom stereocenters. The minimum Gasteiger partial charge on any atom is -0.481 e. The van der Waals surface area contributed by atoms with Gasteiger partial charge >= 0.3 is 0 Å². The quantitative estimate of drug-likeness (QED) is 0.729. The Bertz CT molecular complexity index is 747.